The van der Waals surface area contributed by atoms with Crippen LogP contribution in [0.1, 0.15) is 77.2 Å². The molecular weight excluding hydrogens is 481 g/mol. The van der Waals surface area contributed by atoms with E-state index in [1.165, 1.54) is 37.8 Å². The standard InChI is InChI=1S/C30H37F3O4/c1-3-5-19-6-8-21(9-7-19)25-16-12-22(18-36-25)30(34)37-26-17-15-24(27(28(26)31)29(32)33)20-10-13-23(14-11-20)35-4-2/h10-11,13-15,17,19,21-22,25,29H,3-9,12,16,18H2,1-2H3. The van der Waals surface area contributed by atoms with Crippen LogP contribution in [0.25, 0.3) is 11.1 Å². The molecular formula is C30H37F3O4. The Labute approximate surface area is 217 Å². The molecule has 2 aliphatic rings. The van der Waals surface area contributed by atoms with Gasteiger partial charge in [-0.1, -0.05) is 44.7 Å². The molecule has 2 atom stereocenters. The van der Waals surface area contributed by atoms with Crippen molar-refractivity contribution in [1.29, 1.82) is 0 Å². The van der Waals surface area contributed by atoms with Crippen LogP contribution in [0.5, 0.6) is 11.5 Å². The van der Waals surface area contributed by atoms with Gasteiger partial charge in [-0.05, 0) is 79.8 Å². The Morgan fingerprint density at radius 3 is 2.32 bits per heavy atom. The fourth-order valence-electron chi connectivity index (χ4n) is 5.79. The van der Waals surface area contributed by atoms with Crippen molar-refractivity contribution in [3.8, 4) is 22.6 Å². The molecule has 37 heavy (non-hydrogen) atoms. The van der Waals surface area contributed by atoms with Gasteiger partial charge in [0.15, 0.2) is 11.6 Å². The Balaban J connectivity index is 1.38. The van der Waals surface area contributed by atoms with Crippen LogP contribution in [-0.2, 0) is 9.53 Å². The Bertz CT molecular complexity index is 1020. The van der Waals surface area contributed by atoms with Crippen LogP contribution in [0, 0.1) is 23.6 Å². The van der Waals surface area contributed by atoms with Crippen molar-refractivity contribution in [2.75, 3.05) is 13.2 Å². The van der Waals surface area contributed by atoms with E-state index < -0.39 is 35.4 Å². The second-order valence-corrected chi connectivity index (χ2v) is 10.2. The summed E-state index contributed by atoms with van der Waals surface area (Å²) in [5.41, 5.74) is -0.313. The van der Waals surface area contributed by atoms with Crippen LogP contribution in [0.4, 0.5) is 13.2 Å². The van der Waals surface area contributed by atoms with Gasteiger partial charge in [-0.2, -0.15) is 0 Å². The van der Waals surface area contributed by atoms with Gasteiger partial charge in [0.25, 0.3) is 6.43 Å². The molecule has 7 heteroatoms. The van der Waals surface area contributed by atoms with Gasteiger partial charge in [0, 0.05) is 0 Å². The summed E-state index contributed by atoms with van der Waals surface area (Å²) >= 11 is 0. The zero-order valence-electron chi connectivity index (χ0n) is 21.7. The zero-order chi connectivity index (χ0) is 26.4. The van der Waals surface area contributed by atoms with Gasteiger partial charge in [0.05, 0.1) is 30.8 Å². The number of carbonyl (C=O) groups is 1. The quantitative estimate of drug-likeness (QED) is 0.248. The number of halogens is 3. The van der Waals surface area contributed by atoms with Gasteiger partial charge >= 0.3 is 5.97 Å². The average molecular weight is 519 g/mol. The summed E-state index contributed by atoms with van der Waals surface area (Å²) in [4.78, 5) is 12.8. The van der Waals surface area contributed by atoms with E-state index in [1.54, 1.807) is 24.3 Å². The molecule has 1 aliphatic heterocycles. The third kappa shape index (κ3) is 6.67. The number of benzene rings is 2. The molecule has 0 spiro atoms. The number of hydrogen-bond donors (Lipinski definition) is 0. The highest BCUT2D eigenvalue weighted by atomic mass is 19.3. The fourth-order valence-corrected chi connectivity index (χ4v) is 5.79. The molecule has 4 nitrogen and oxygen atoms in total. The molecule has 2 aromatic rings. The van der Waals surface area contributed by atoms with Gasteiger partial charge in [0.1, 0.15) is 5.75 Å². The van der Waals surface area contributed by atoms with Crippen LogP contribution in [-0.4, -0.2) is 25.3 Å². The second-order valence-electron chi connectivity index (χ2n) is 10.2. The summed E-state index contributed by atoms with van der Waals surface area (Å²) in [5, 5.41) is 0. The summed E-state index contributed by atoms with van der Waals surface area (Å²) in [6.45, 7) is 4.76. The summed E-state index contributed by atoms with van der Waals surface area (Å²) in [6.07, 6.45) is 5.72. The van der Waals surface area contributed by atoms with E-state index in [1.807, 2.05) is 6.92 Å². The Morgan fingerprint density at radius 2 is 1.73 bits per heavy atom. The molecule has 1 saturated carbocycles. The largest absolute Gasteiger partial charge is 0.494 e. The van der Waals surface area contributed by atoms with Gasteiger partial charge in [-0.15, -0.1) is 0 Å². The Morgan fingerprint density at radius 1 is 1.00 bits per heavy atom. The lowest BCUT2D eigenvalue weighted by atomic mass is 9.76. The fraction of sp³-hybridized carbons (Fsp3) is 0.567. The van der Waals surface area contributed by atoms with Gasteiger partial charge in [-0.25, -0.2) is 13.2 Å². The topological polar surface area (TPSA) is 44.8 Å². The van der Waals surface area contributed by atoms with E-state index in [4.69, 9.17) is 14.2 Å². The molecule has 0 radical (unpaired) electrons. The summed E-state index contributed by atoms with van der Waals surface area (Å²) in [6, 6.07) is 9.10. The van der Waals surface area contributed by atoms with Gasteiger partial charge in [-0.3, -0.25) is 4.79 Å². The van der Waals surface area contributed by atoms with Crippen molar-refractivity contribution in [3.05, 3.63) is 47.8 Å². The highest BCUT2D eigenvalue weighted by Gasteiger charge is 2.35. The highest BCUT2D eigenvalue weighted by molar-refractivity contribution is 5.76. The van der Waals surface area contributed by atoms with Crippen LogP contribution < -0.4 is 9.47 Å². The summed E-state index contributed by atoms with van der Waals surface area (Å²) in [7, 11) is 0. The number of rotatable bonds is 9. The number of ether oxygens (including phenoxy) is 3. The maximum atomic E-state index is 15.2. The molecule has 2 unspecified atom stereocenters. The molecule has 1 saturated heterocycles. The third-order valence-corrected chi connectivity index (χ3v) is 7.81. The van der Waals surface area contributed by atoms with Crippen molar-refractivity contribution in [2.45, 2.75) is 77.7 Å². The minimum atomic E-state index is -3.08. The van der Waals surface area contributed by atoms with Crippen LogP contribution in [0.15, 0.2) is 36.4 Å². The van der Waals surface area contributed by atoms with Crippen molar-refractivity contribution in [2.24, 2.45) is 17.8 Å². The number of alkyl halides is 2. The first-order valence-corrected chi connectivity index (χ1v) is 13.6. The molecule has 1 heterocycles. The third-order valence-electron chi connectivity index (χ3n) is 7.81. The first kappa shape index (κ1) is 27.5. The summed E-state index contributed by atoms with van der Waals surface area (Å²) < 4.78 is 59.7. The SMILES string of the molecule is CCCC1CCC(C2CCC(C(=O)Oc3ccc(-c4ccc(OCC)cc4)c(C(F)F)c3F)CO2)CC1. The molecule has 0 N–H and O–H groups in total. The predicted molar refractivity (Wildman–Crippen MR) is 136 cm³/mol. The number of esters is 1. The van der Waals surface area contributed by atoms with Crippen molar-refractivity contribution in [3.63, 3.8) is 0 Å². The molecule has 2 aromatic carbocycles. The van der Waals surface area contributed by atoms with Crippen LogP contribution >= 0.6 is 0 Å². The van der Waals surface area contributed by atoms with E-state index in [9.17, 15) is 13.6 Å². The molecule has 1 aliphatic carbocycles. The first-order chi connectivity index (χ1) is 17.9. The van der Waals surface area contributed by atoms with Crippen LogP contribution in [0.3, 0.4) is 0 Å². The Hall–Kier alpha value is -2.54. The molecule has 0 aromatic heterocycles. The lowest BCUT2D eigenvalue weighted by Crippen LogP contribution is -2.37. The molecule has 0 bridgehead atoms. The molecule has 2 fully saturated rings. The minimum Gasteiger partial charge on any atom is -0.494 e. The van der Waals surface area contributed by atoms with Crippen LogP contribution in [0.2, 0.25) is 0 Å². The zero-order valence-corrected chi connectivity index (χ0v) is 21.7. The van der Waals surface area contributed by atoms with E-state index in [2.05, 4.69) is 6.92 Å². The van der Waals surface area contributed by atoms with Crippen molar-refractivity contribution >= 4 is 5.97 Å². The lowest BCUT2D eigenvalue weighted by molar-refractivity contribution is -0.147. The maximum absolute atomic E-state index is 15.2. The van der Waals surface area contributed by atoms with Gasteiger partial charge in [0.2, 0.25) is 0 Å². The van der Waals surface area contributed by atoms with E-state index >= 15 is 4.39 Å². The predicted octanol–water partition coefficient (Wildman–Crippen LogP) is 8.14. The normalized spacial score (nSPS) is 24.2. The van der Waals surface area contributed by atoms with E-state index in [-0.39, 0.29) is 18.3 Å². The lowest BCUT2D eigenvalue weighted by Gasteiger charge is -2.37. The van der Waals surface area contributed by atoms with Crippen molar-refractivity contribution in [1.82, 2.24) is 0 Å². The molecule has 0 amide bonds. The van der Waals surface area contributed by atoms with E-state index in [0.717, 1.165) is 25.2 Å². The highest BCUT2D eigenvalue weighted by Crippen LogP contribution is 2.40. The number of hydrogen-bond acceptors (Lipinski definition) is 4. The monoisotopic (exact) mass is 518 g/mol. The molecule has 202 valence electrons. The maximum Gasteiger partial charge on any atom is 0.316 e. The second kappa shape index (κ2) is 12.8. The van der Waals surface area contributed by atoms with Gasteiger partial charge < -0.3 is 14.2 Å². The molecule has 4 rings (SSSR count). The summed E-state index contributed by atoms with van der Waals surface area (Å²) in [5.74, 6) is -0.935. The number of carbonyl (C=O) groups excluding carboxylic acids is 1. The Kier molecular flexibility index (Phi) is 9.52. The smallest absolute Gasteiger partial charge is 0.316 e. The van der Waals surface area contributed by atoms with E-state index in [0.29, 0.717) is 30.3 Å². The van der Waals surface area contributed by atoms with Crippen molar-refractivity contribution < 1.29 is 32.2 Å². The first-order valence-electron chi connectivity index (χ1n) is 13.6. The average Bonchev–Trinajstić information content (AvgIpc) is 2.91. The minimum absolute atomic E-state index is 0.0489.